The standard InChI is InChI=1S/C38H34N4O2S/c1-37(2)19-25-20-38(3,21-37)22-42(25)36(45)44-26-15-12-23(13-16-26)35(43)39-24-14-17-31-32(18-24)41-34-30-11-7-5-9-28(30)27-8-4-6-10-29(27)33(34)40-31/h4-18,25H,19-22H2,1-3H3,(H,39,43)/t25-,38+/m0/s1. The topological polar surface area (TPSA) is 67.3 Å². The number of aromatic nitrogens is 2. The van der Waals surface area contributed by atoms with E-state index in [9.17, 15) is 4.79 Å². The number of ether oxygens (including phenoxy) is 1. The molecule has 1 aliphatic carbocycles. The minimum atomic E-state index is -0.211. The summed E-state index contributed by atoms with van der Waals surface area (Å²) in [7, 11) is 0. The second-order valence-electron chi connectivity index (χ2n) is 13.9. The highest BCUT2D eigenvalue weighted by molar-refractivity contribution is 7.80. The SMILES string of the molecule is CC1(C)C[C@H]2C[C@@](C)(CN2C(=S)Oc2ccc(C(=O)Nc3ccc4nc5c6ccccc6c6ccccc6c5nc4c3)cc2)C1. The van der Waals surface area contributed by atoms with E-state index >= 15 is 0 Å². The van der Waals surface area contributed by atoms with E-state index in [0.717, 1.165) is 63.0 Å². The van der Waals surface area contributed by atoms with Gasteiger partial charge in [0.25, 0.3) is 11.1 Å². The van der Waals surface area contributed by atoms with Gasteiger partial charge in [-0.05, 0) is 95.5 Å². The monoisotopic (exact) mass is 610 g/mol. The summed E-state index contributed by atoms with van der Waals surface area (Å²) in [5.74, 6) is 0.423. The van der Waals surface area contributed by atoms with Crippen molar-refractivity contribution in [1.29, 1.82) is 0 Å². The summed E-state index contributed by atoms with van der Waals surface area (Å²) in [5, 5.41) is 7.98. The summed E-state index contributed by atoms with van der Waals surface area (Å²) >= 11 is 5.75. The largest absolute Gasteiger partial charge is 0.432 e. The Balaban J connectivity index is 1.02. The Kier molecular flexibility index (Phi) is 6.33. The van der Waals surface area contributed by atoms with E-state index in [0.29, 0.717) is 33.6 Å². The van der Waals surface area contributed by atoms with Crippen molar-refractivity contribution in [2.75, 3.05) is 11.9 Å². The normalized spacial score (nSPS) is 20.6. The number of nitrogens with one attached hydrogen (secondary N) is 1. The van der Waals surface area contributed by atoms with E-state index in [1.807, 2.05) is 48.5 Å². The number of rotatable bonds is 3. The molecule has 1 N–H and O–H groups in total. The predicted octanol–water partition coefficient (Wildman–Crippen LogP) is 8.91. The average molecular weight is 611 g/mol. The third kappa shape index (κ3) is 4.95. The molecule has 224 valence electrons. The number of amides is 1. The molecule has 1 saturated heterocycles. The van der Waals surface area contributed by atoms with Crippen LogP contribution in [-0.4, -0.2) is 38.5 Å². The Labute approximate surface area is 267 Å². The van der Waals surface area contributed by atoms with Crippen LogP contribution in [0.4, 0.5) is 5.69 Å². The highest BCUT2D eigenvalue weighted by Gasteiger charge is 2.50. The van der Waals surface area contributed by atoms with Crippen LogP contribution in [0.1, 0.15) is 50.4 Å². The lowest BCUT2D eigenvalue weighted by Crippen LogP contribution is -2.39. The first-order valence-electron chi connectivity index (χ1n) is 15.6. The van der Waals surface area contributed by atoms with Crippen LogP contribution in [0.5, 0.6) is 5.75 Å². The van der Waals surface area contributed by atoms with E-state index in [1.54, 1.807) is 12.1 Å². The maximum Gasteiger partial charge on any atom is 0.265 e. The fourth-order valence-electron chi connectivity index (χ4n) is 8.07. The fraction of sp³-hybridized carbons (Fsp3) is 0.263. The molecule has 45 heavy (non-hydrogen) atoms. The molecule has 7 heteroatoms. The number of fused-ring (bicyclic) bond motifs is 9. The maximum absolute atomic E-state index is 13.2. The first-order chi connectivity index (χ1) is 21.6. The van der Waals surface area contributed by atoms with Gasteiger partial charge in [0.05, 0.1) is 22.1 Å². The Hall–Kier alpha value is -4.62. The molecule has 0 spiro atoms. The molecule has 6 nitrogen and oxygen atoms in total. The molecule has 8 rings (SSSR count). The maximum atomic E-state index is 13.2. The number of anilines is 1. The van der Waals surface area contributed by atoms with E-state index in [2.05, 4.69) is 61.3 Å². The van der Waals surface area contributed by atoms with Gasteiger partial charge in [0.1, 0.15) is 5.75 Å². The summed E-state index contributed by atoms with van der Waals surface area (Å²) in [4.78, 5) is 25.6. The molecule has 1 aromatic heterocycles. The third-order valence-corrected chi connectivity index (χ3v) is 9.87. The van der Waals surface area contributed by atoms with Crippen LogP contribution in [0, 0.1) is 10.8 Å². The van der Waals surface area contributed by atoms with Gasteiger partial charge in [-0.15, -0.1) is 0 Å². The van der Waals surface area contributed by atoms with Gasteiger partial charge in [-0.2, -0.15) is 0 Å². The van der Waals surface area contributed by atoms with E-state index < -0.39 is 0 Å². The number of benzene rings is 5. The van der Waals surface area contributed by atoms with Crippen LogP contribution < -0.4 is 10.1 Å². The number of hydrogen-bond acceptors (Lipinski definition) is 5. The summed E-state index contributed by atoms with van der Waals surface area (Å²) in [6, 6.07) is 29.8. The molecule has 0 radical (unpaired) electrons. The number of nitrogens with zero attached hydrogens (tertiary/aromatic N) is 3. The van der Waals surface area contributed by atoms with Crippen LogP contribution in [0.3, 0.4) is 0 Å². The average Bonchev–Trinajstić information content (AvgIpc) is 3.29. The Bertz CT molecular complexity index is 2180. The number of likely N-dealkylation sites (tertiary alicyclic amines) is 1. The molecule has 5 aromatic carbocycles. The van der Waals surface area contributed by atoms with Crippen molar-refractivity contribution >= 4 is 72.6 Å². The Morgan fingerprint density at radius 1 is 0.822 bits per heavy atom. The van der Waals surface area contributed by atoms with Crippen molar-refractivity contribution in [3.63, 3.8) is 0 Å². The zero-order chi connectivity index (χ0) is 30.9. The van der Waals surface area contributed by atoms with Crippen LogP contribution in [0.15, 0.2) is 91.0 Å². The van der Waals surface area contributed by atoms with Gasteiger partial charge in [-0.3, -0.25) is 4.79 Å². The van der Waals surface area contributed by atoms with Crippen molar-refractivity contribution in [1.82, 2.24) is 14.9 Å². The second-order valence-corrected chi connectivity index (χ2v) is 14.3. The van der Waals surface area contributed by atoms with Crippen LogP contribution in [0.25, 0.3) is 43.6 Å². The number of carbonyl (C=O) groups is 1. The van der Waals surface area contributed by atoms with Gasteiger partial charge < -0.3 is 15.0 Å². The van der Waals surface area contributed by atoms with Crippen LogP contribution in [-0.2, 0) is 0 Å². The van der Waals surface area contributed by atoms with Crippen molar-refractivity contribution in [2.24, 2.45) is 10.8 Å². The minimum absolute atomic E-state index is 0.211. The molecule has 6 aromatic rings. The molecule has 2 heterocycles. The van der Waals surface area contributed by atoms with Crippen molar-refractivity contribution < 1.29 is 9.53 Å². The van der Waals surface area contributed by atoms with Gasteiger partial charge in [0.15, 0.2) is 0 Å². The second kappa shape index (κ2) is 10.2. The van der Waals surface area contributed by atoms with Crippen LogP contribution in [0.2, 0.25) is 0 Å². The summed E-state index contributed by atoms with van der Waals surface area (Å²) in [6.45, 7) is 8.00. The molecular weight excluding hydrogens is 577 g/mol. The van der Waals surface area contributed by atoms with Gasteiger partial charge >= 0.3 is 0 Å². The molecule has 1 saturated carbocycles. The summed E-state index contributed by atoms with van der Waals surface area (Å²) in [5.41, 5.74) is 4.99. The highest BCUT2D eigenvalue weighted by Crippen LogP contribution is 2.52. The third-order valence-electron chi connectivity index (χ3n) is 9.55. The van der Waals surface area contributed by atoms with E-state index in [1.165, 1.54) is 6.42 Å². The lowest BCUT2D eigenvalue weighted by atomic mass is 9.65. The van der Waals surface area contributed by atoms with Gasteiger partial charge in [-0.1, -0.05) is 69.3 Å². The first kappa shape index (κ1) is 27.9. The number of carbonyl (C=O) groups excluding carboxylic acids is 1. The molecule has 2 atom stereocenters. The zero-order valence-corrected chi connectivity index (χ0v) is 26.4. The first-order valence-corrected chi connectivity index (χ1v) is 16.0. The van der Waals surface area contributed by atoms with Gasteiger partial charge in [0, 0.05) is 34.6 Å². The zero-order valence-electron chi connectivity index (χ0n) is 25.6. The van der Waals surface area contributed by atoms with E-state index in [-0.39, 0.29) is 11.3 Å². The Morgan fingerprint density at radius 3 is 2.11 bits per heavy atom. The quantitative estimate of drug-likeness (QED) is 0.123. The fourth-order valence-corrected chi connectivity index (χ4v) is 8.38. The van der Waals surface area contributed by atoms with Crippen molar-refractivity contribution in [3.8, 4) is 5.75 Å². The predicted molar refractivity (Wildman–Crippen MR) is 186 cm³/mol. The molecule has 0 unspecified atom stereocenters. The molecule has 2 aliphatic rings. The number of hydrogen-bond donors (Lipinski definition) is 1. The lowest BCUT2D eigenvalue weighted by molar-refractivity contribution is 0.102. The number of thiocarbonyl (C=S) groups is 1. The van der Waals surface area contributed by atoms with Crippen LogP contribution >= 0.6 is 12.2 Å². The molecule has 1 aliphatic heterocycles. The highest BCUT2D eigenvalue weighted by atomic mass is 32.1. The smallest absolute Gasteiger partial charge is 0.265 e. The Morgan fingerprint density at radius 2 is 1.44 bits per heavy atom. The summed E-state index contributed by atoms with van der Waals surface area (Å²) in [6.07, 6.45) is 3.48. The van der Waals surface area contributed by atoms with E-state index in [4.69, 9.17) is 26.9 Å². The summed E-state index contributed by atoms with van der Waals surface area (Å²) < 4.78 is 6.12. The minimum Gasteiger partial charge on any atom is -0.432 e. The molecule has 1 amide bonds. The molecular formula is C38H34N4O2S. The van der Waals surface area contributed by atoms with Crippen molar-refractivity contribution in [2.45, 2.75) is 46.1 Å². The van der Waals surface area contributed by atoms with Gasteiger partial charge in [-0.25, -0.2) is 9.97 Å². The lowest BCUT2D eigenvalue weighted by Gasteiger charge is -2.39. The molecule has 2 fully saturated rings. The van der Waals surface area contributed by atoms with Gasteiger partial charge in [0.2, 0.25) is 0 Å². The van der Waals surface area contributed by atoms with Crippen molar-refractivity contribution in [3.05, 3.63) is 96.6 Å². The molecule has 2 bridgehead atoms.